The summed E-state index contributed by atoms with van der Waals surface area (Å²) in [5.41, 5.74) is 7.37. The van der Waals surface area contributed by atoms with E-state index in [9.17, 15) is 0 Å². The summed E-state index contributed by atoms with van der Waals surface area (Å²) in [4.78, 5) is 0. The van der Waals surface area contributed by atoms with Crippen LogP contribution in [0.25, 0.3) is 0 Å². The minimum atomic E-state index is -0.0831. The highest BCUT2D eigenvalue weighted by Crippen LogP contribution is 2.28. The largest absolute Gasteiger partial charge is 0.342 e. The summed E-state index contributed by atoms with van der Waals surface area (Å²) < 4.78 is 0. The van der Waals surface area contributed by atoms with Gasteiger partial charge in [-0.1, -0.05) is 45.6 Å². The molecule has 2 rings (SSSR count). The van der Waals surface area contributed by atoms with Crippen molar-refractivity contribution in [2.24, 2.45) is 0 Å². The first-order chi connectivity index (χ1) is 11.5. The molecule has 0 aromatic heterocycles. The van der Waals surface area contributed by atoms with Crippen molar-refractivity contribution in [3.63, 3.8) is 0 Å². The van der Waals surface area contributed by atoms with E-state index >= 15 is 0 Å². The standard InChI is InChI=1S/C20H33N3S/c1-5-7-9-13-20(14-10-8-6-2)21-19(24)23(22-20)18-12-11-16(3)17(4)15-18/h11-12,15,22H,5-10,13-14H2,1-4H3,(H,21,24). The van der Waals surface area contributed by atoms with E-state index in [-0.39, 0.29) is 5.66 Å². The number of hydrazine groups is 1. The summed E-state index contributed by atoms with van der Waals surface area (Å²) in [6.45, 7) is 8.81. The van der Waals surface area contributed by atoms with Crippen LogP contribution in [0.2, 0.25) is 0 Å². The van der Waals surface area contributed by atoms with Crippen molar-refractivity contribution in [2.45, 2.75) is 84.7 Å². The van der Waals surface area contributed by atoms with Crippen LogP contribution in [0.5, 0.6) is 0 Å². The van der Waals surface area contributed by atoms with Crippen LogP contribution in [0.4, 0.5) is 5.69 Å². The summed E-state index contributed by atoms with van der Waals surface area (Å²) >= 11 is 5.66. The van der Waals surface area contributed by atoms with Gasteiger partial charge in [-0.15, -0.1) is 0 Å². The molecular weight excluding hydrogens is 314 g/mol. The van der Waals surface area contributed by atoms with Gasteiger partial charge in [0.15, 0.2) is 5.11 Å². The van der Waals surface area contributed by atoms with Crippen molar-refractivity contribution in [3.05, 3.63) is 29.3 Å². The first-order valence-corrected chi connectivity index (χ1v) is 9.89. The number of benzene rings is 1. The topological polar surface area (TPSA) is 27.3 Å². The lowest BCUT2D eigenvalue weighted by molar-refractivity contribution is 0.272. The molecule has 0 bridgehead atoms. The fraction of sp³-hybridized carbons (Fsp3) is 0.650. The second-order valence-corrected chi connectivity index (χ2v) is 7.53. The number of anilines is 1. The summed E-state index contributed by atoms with van der Waals surface area (Å²) in [6, 6.07) is 6.53. The fourth-order valence-corrected chi connectivity index (χ4v) is 3.66. The summed E-state index contributed by atoms with van der Waals surface area (Å²) in [7, 11) is 0. The van der Waals surface area contributed by atoms with Gasteiger partial charge < -0.3 is 5.32 Å². The van der Waals surface area contributed by atoms with Crippen molar-refractivity contribution >= 4 is 23.0 Å². The third-order valence-corrected chi connectivity index (χ3v) is 5.32. The van der Waals surface area contributed by atoms with Crippen LogP contribution in [0.1, 0.15) is 76.3 Å². The van der Waals surface area contributed by atoms with Crippen LogP contribution in [-0.2, 0) is 0 Å². The van der Waals surface area contributed by atoms with Crippen molar-refractivity contribution in [1.29, 1.82) is 0 Å². The van der Waals surface area contributed by atoms with Crippen molar-refractivity contribution < 1.29 is 0 Å². The predicted molar refractivity (Wildman–Crippen MR) is 108 cm³/mol. The normalized spacial score (nSPS) is 16.5. The Morgan fingerprint density at radius 2 is 1.58 bits per heavy atom. The van der Waals surface area contributed by atoms with Gasteiger partial charge in [0.2, 0.25) is 0 Å². The minimum absolute atomic E-state index is 0.0831. The Labute approximate surface area is 153 Å². The first kappa shape index (κ1) is 19.2. The van der Waals surface area contributed by atoms with Gasteiger partial charge in [-0.05, 0) is 75.0 Å². The molecule has 1 aromatic carbocycles. The zero-order chi connectivity index (χ0) is 17.6. The number of hydrogen-bond acceptors (Lipinski definition) is 2. The quantitative estimate of drug-likeness (QED) is 0.464. The van der Waals surface area contributed by atoms with E-state index in [1.54, 1.807) is 0 Å². The second kappa shape index (κ2) is 8.82. The van der Waals surface area contributed by atoms with Gasteiger partial charge in [-0.25, -0.2) is 5.43 Å². The van der Waals surface area contributed by atoms with E-state index in [0.717, 1.165) is 23.6 Å². The molecule has 0 aliphatic carbocycles. The Morgan fingerprint density at radius 1 is 0.958 bits per heavy atom. The van der Waals surface area contributed by atoms with E-state index in [1.165, 1.54) is 49.7 Å². The lowest BCUT2D eigenvalue weighted by atomic mass is 9.96. The molecule has 0 spiro atoms. The summed E-state index contributed by atoms with van der Waals surface area (Å²) in [6.07, 6.45) is 9.73. The third-order valence-electron chi connectivity index (χ3n) is 5.04. The maximum atomic E-state index is 5.66. The monoisotopic (exact) mass is 347 g/mol. The summed E-state index contributed by atoms with van der Waals surface area (Å²) in [5.74, 6) is 0. The smallest absolute Gasteiger partial charge is 0.189 e. The van der Waals surface area contributed by atoms with Gasteiger partial charge >= 0.3 is 0 Å². The Balaban J connectivity index is 2.14. The van der Waals surface area contributed by atoms with E-state index < -0.39 is 0 Å². The van der Waals surface area contributed by atoms with Crippen molar-refractivity contribution in [2.75, 3.05) is 5.01 Å². The van der Waals surface area contributed by atoms with Gasteiger partial charge in [0.1, 0.15) is 5.66 Å². The number of thiocarbonyl (C=S) groups is 1. The maximum absolute atomic E-state index is 5.66. The van der Waals surface area contributed by atoms with Crippen molar-refractivity contribution in [1.82, 2.24) is 10.7 Å². The molecule has 0 saturated carbocycles. The zero-order valence-corrected chi connectivity index (χ0v) is 16.6. The Bertz CT molecular complexity index is 546. The molecule has 1 fully saturated rings. The van der Waals surface area contributed by atoms with Crippen LogP contribution >= 0.6 is 12.2 Å². The van der Waals surface area contributed by atoms with Crippen LogP contribution < -0.4 is 15.8 Å². The molecule has 0 unspecified atom stereocenters. The van der Waals surface area contributed by atoms with E-state index in [1.807, 2.05) is 0 Å². The molecule has 2 N–H and O–H groups in total. The molecule has 1 heterocycles. The molecule has 1 saturated heterocycles. The molecule has 1 aliphatic rings. The highest BCUT2D eigenvalue weighted by Gasteiger charge is 2.39. The molecule has 0 amide bonds. The van der Waals surface area contributed by atoms with Gasteiger partial charge in [0, 0.05) is 0 Å². The SMILES string of the molecule is CCCCCC1(CCCCC)NC(=S)N(c2ccc(C)c(C)c2)N1. The molecule has 1 aliphatic heterocycles. The predicted octanol–water partition coefficient (Wildman–Crippen LogP) is 5.36. The number of rotatable bonds is 9. The maximum Gasteiger partial charge on any atom is 0.189 e. The highest BCUT2D eigenvalue weighted by atomic mass is 32.1. The van der Waals surface area contributed by atoms with Crippen molar-refractivity contribution in [3.8, 4) is 0 Å². The molecule has 0 radical (unpaired) electrons. The zero-order valence-electron chi connectivity index (χ0n) is 15.7. The highest BCUT2D eigenvalue weighted by molar-refractivity contribution is 7.80. The molecule has 134 valence electrons. The molecular formula is C20H33N3S. The summed E-state index contributed by atoms with van der Waals surface area (Å²) in [5, 5.41) is 6.48. The van der Waals surface area contributed by atoms with Crippen LogP contribution in [0.15, 0.2) is 18.2 Å². The second-order valence-electron chi connectivity index (χ2n) is 7.14. The van der Waals surface area contributed by atoms with E-state index in [0.29, 0.717) is 0 Å². The third kappa shape index (κ3) is 4.70. The first-order valence-electron chi connectivity index (χ1n) is 9.48. The van der Waals surface area contributed by atoms with Gasteiger partial charge in [-0.2, -0.15) is 0 Å². The number of nitrogens with one attached hydrogen (secondary N) is 2. The lowest BCUT2D eigenvalue weighted by Gasteiger charge is -2.30. The average molecular weight is 348 g/mol. The van der Waals surface area contributed by atoms with Crippen LogP contribution in [0, 0.1) is 13.8 Å². The molecule has 1 aromatic rings. The van der Waals surface area contributed by atoms with Gasteiger partial charge in [0.05, 0.1) is 5.69 Å². The molecule has 0 atom stereocenters. The average Bonchev–Trinajstić information content (AvgIpc) is 2.88. The molecule has 3 nitrogen and oxygen atoms in total. The van der Waals surface area contributed by atoms with E-state index in [2.05, 4.69) is 61.6 Å². The fourth-order valence-electron chi connectivity index (χ4n) is 3.32. The Morgan fingerprint density at radius 3 is 2.12 bits per heavy atom. The minimum Gasteiger partial charge on any atom is -0.342 e. The number of aryl methyl sites for hydroxylation is 2. The lowest BCUT2D eigenvalue weighted by Crippen LogP contribution is -2.51. The van der Waals surface area contributed by atoms with E-state index in [4.69, 9.17) is 12.2 Å². The number of hydrogen-bond donors (Lipinski definition) is 2. The van der Waals surface area contributed by atoms with Crippen LogP contribution in [0.3, 0.4) is 0 Å². The Hall–Kier alpha value is -1.13. The van der Waals surface area contributed by atoms with Gasteiger partial charge in [-0.3, -0.25) is 5.01 Å². The van der Waals surface area contributed by atoms with Gasteiger partial charge in [0.25, 0.3) is 0 Å². The Kier molecular flexibility index (Phi) is 7.05. The molecule has 24 heavy (non-hydrogen) atoms. The number of nitrogens with zero attached hydrogens (tertiary/aromatic N) is 1. The number of unbranched alkanes of at least 4 members (excludes halogenated alkanes) is 4. The van der Waals surface area contributed by atoms with Crippen LogP contribution in [-0.4, -0.2) is 10.8 Å². The molecule has 4 heteroatoms.